The van der Waals surface area contributed by atoms with Gasteiger partial charge in [0.1, 0.15) is 0 Å². The molecule has 88 valence electrons. The first kappa shape index (κ1) is 10.1. The second-order valence-electron chi connectivity index (χ2n) is 4.45. The van der Waals surface area contributed by atoms with E-state index in [0.29, 0.717) is 16.7 Å². The summed E-state index contributed by atoms with van der Waals surface area (Å²) < 4.78 is 0. The molecule has 0 saturated heterocycles. The van der Waals surface area contributed by atoms with E-state index in [1.54, 1.807) is 18.2 Å². The van der Waals surface area contributed by atoms with Crippen molar-refractivity contribution in [2.24, 2.45) is 5.73 Å². The fraction of sp³-hybridized carbons (Fsp3) is 0.273. The molecular formula is C11H12N4O2. The zero-order valence-electron chi connectivity index (χ0n) is 9.04. The van der Waals surface area contributed by atoms with Crippen molar-refractivity contribution in [1.82, 2.24) is 9.97 Å². The van der Waals surface area contributed by atoms with Crippen LogP contribution in [0.4, 0.5) is 5.69 Å². The Hall–Kier alpha value is -2.08. The Morgan fingerprint density at radius 1 is 1.29 bits per heavy atom. The fourth-order valence-corrected chi connectivity index (χ4v) is 1.73. The number of nitrogens with one attached hydrogen (secondary N) is 3. The summed E-state index contributed by atoms with van der Waals surface area (Å²) in [6.07, 6.45) is 1.45. The Bertz CT molecular complexity index is 651. The van der Waals surface area contributed by atoms with Gasteiger partial charge in [-0.2, -0.15) is 0 Å². The molecule has 5 N–H and O–H groups in total. The molecular weight excluding hydrogens is 220 g/mol. The zero-order chi connectivity index (χ0) is 12.0. The number of H-pyrrole nitrogens is 2. The quantitative estimate of drug-likeness (QED) is 0.598. The number of carbonyl (C=O) groups is 1. The van der Waals surface area contributed by atoms with Crippen LogP contribution in [0.15, 0.2) is 23.0 Å². The van der Waals surface area contributed by atoms with Crippen molar-refractivity contribution >= 4 is 22.6 Å². The molecule has 1 heterocycles. The minimum atomic E-state index is -0.694. The third-order valence-electron chi connectivity index (χ3n) is 3.01. The summed E-state index contributed by atoms with van der Waals surface area (Å²) in [7, 11) is 0. The highest BCUT2D eigenvalue weighted by molar-refractivity contribution is 6.01. The Morgan fingerprint density at radius 3 is 2.71 bits per heavy atom. The lowest BCUT2D eigenvalue weighted by Gasteiger charge is -2.09. The van der Waals surface area contributed by atoms with E-state index in [9.17, 15) is 9.59 Å². The maximum Gasteiger partial charge on any atom is 0.323 e. The predicted octanol–water partition coefficient (Wildman–Crippen LogP) is 0.286. The number of fused-ring (bicyclic) bond motifs is 1. The van der Waals surface area contributed by atoms with E-state index in [1.807, 2.05) is 0 Å². The van der Waals surface area contributed by atoms with E-state index in [1.165, 1.54) is 0 Å². The molecule has 1 aromatic carbocycles. The first-order valence-electron chi connectivity index (χ1n) is 5.39. The summed E-state index contributed by atoms with van der Waals surface area (Å²) in [4.78, 5) is 28.1. The van der Waals surface area contributed by atoms with Crippen LogP contribution in [-0.2, 0) is 4.79 Å². The normalized spacial score (nSPS) is 17.0. The summed E-state index contributed by atoms with van der Waals surface area (Å²) in [6, 6.07) is 5.17. The van der Waals surface area contributed by atoms with E-state index >= 15 is 0 Å². The predicted molar refractivity (Wildman–Crippen MR) is 63.7 cm³/mol. The van der Waals surface area contributed by atoms with E-state index in [4.69, 9.17) is 5.73 Å². The van der Waals surface area contributed by atoms with Gasteiger partial charge in [0, 0.05) is 5.69 Å². The molecule has 1 aliphatic rings. The third kappa shape index (κ3) is 1.72. The Kier molecular flexibility index (Phi) is 1.90. The van der Waals surface area contributed by atoms with E-state index in [2.05, 4.69) is 15.3 Å². The summed E-state index contributed by atoms with van der Waals surface area (Å²) in [5.74, 6) is -0.172. The zero-order valence-corrected chi connectivity index (χ0v) is 9.04. The molecule has 0 aliphatic heterocycles. The van der Waals surface area contributed by atoms with E-state index in [-0.39, 0.29) is 11.6 Å². The van der Waals surface area contributed by atoms with Crippen LogP contribution in [-0.4, -0.2) is 21.4 Å². The number of aromatic nitrogens is 2. The van der Waals surface area contributed by atoms with Crippen molar-refractivity contribution < 1.29 is 4.79 Å². The number of nitrogens with two attached hydrogens (primary N) is 1. The monoisotopic (exact) mass is 232 g/mol. The molecule has 0 radical (unpaired) electrons. The van der Waals surface area contributed by atoms with Crippen LogP contribution < -0.4 is 16.7 Å². The number of rotatable bonds is 2. The second-order valence-corrected chi connectivity index (χ2v) is 4.45. The van der Waals surface area contributed by atoms with Gasteiger partial charge in [0.25, 0.3) is 0 Å². The number of aromatic amines is 2. The SMILES string of the molecule is NC1(C(=O)Nc2ccc3[nH]c(=O)[nH]c3c2)CC1. The van der Waals surface area contributed by atoms with Crippen LogP contribution in [0.3, 0.4) is 0 Å². The molecule has 1 aromatic heterocycles. The number of imidazole rings is 1. The first-order valence-corrected chi connectivity index (χ1v) is 5.39. The molecule has 6 heteroatoms. The van der Waals surface area contributed by atoms with Gasteiger partial charge < -0.3 is 21.0 Å². The van der Waals surface area contributed by atoms with Crippen LogP contribution in [0.25, 0.3) is 11.0 Å². The lowest BCUT2D eigenvalue weighted by atomic mass is 10.2. The number of anilines is 1. The third-order valence-corrected chi connectivity index (χ3v) is 3.01. The fourth-order valence-electron chi connectivity index (χ4n) is 1.73. The highest BCUT2D eigenvalue weighted by Crippen LogP contribution is 2.33. The van der Waals surface area contributed by atoms with Gasteiger partial charge >= 0.3 is 5.69 Å². The minimum absolute atomic E-state index is 0.172. The highest BCUT2D eigenvalue weighted by Gasteiger charge is 2.45. The van der Waals surface area contributed by atoms with Crippen molar-refractivity contribution in [3.05, 3.63) is 28.7 Å². The first-order chi connectivity index (χ1) is 8.07. The highest BCUT2D eigenvalue weighted by atomic mass is 16.2. The molecule has 3 rings (SSSR count). The molecule has 17 heavy (non-hydrogen) atoms. The molecule has 6 nitrogen and oxygen atoms in total. The lowest BCUT2D eigenvalue weighted by molar-refractivity contribution is -0.118. The van der Waals surface area contributed by atoms with Gasteiger partial charge in [0.15, 0.2) is 0 Å². The molecule has 1 saturated carbocycles. The Morgan fingerprint density at radius 2 is 2.00 bits per heavy atom. The molecule has 0 atom stereocenters. The number of hydrogen-bond acceptors (Lipinski definition) is 3. The van der Waals surface area contributed by atoms with Gasteiger partial charge in [-0.3, -0.25) is 4.79 Å². The molecule has 0 spiro atoms. The minimum Gasteiger partial charge on any atom is -0.324 e. The topological polar surface area (TPSA) is 104 Å². The lowest BCUT2D eigenvalue weighted by Crippen LogP contribution is -2.37. The van der Waals surface area contributed by atoms with Crippen molar-refractivity contribution in [1.29, 1.82) is 0 Å². The molecule has 1 amide bonds. The molecule has 0 unspecified atom stereocenters. The molecule has 2 aromatic rings. The van der Waals surface area contributed by atoms with Gasteiger partial charge in [-0.05, 0) is 31.0 Å². The standard InChI is InChI=1S/C11H12N4O2/c12-11(3-4-11)9(16)13-6-1-2-7-8(5-6)15-10(17)14-7/h1-2,5H,3-4,12H2,(H,13,16)(H2,14,15,17). The van der Waals surface area contributed by atoms with Gasteiger partial charge in [-0.25, -0.2) is 4.79 Å². The van der Waals surface area contributed by atoms with Crippen molar-refractivity contribution in [2.75, 3.05) is 5.32 Å². The summed E-state index contributed by atoms with van der Waals surface area (Å²) >= 11 is 0. The molecule has 1 aliphatic carbocycles. The van der Waals surface area contributed by atoms with Crippen LogP contribution in [0.2, 0.25) is 0 Å². The van der Waals surface area contributed by atoms with Crippen molar-refractivity contribution in [3.8, 4) is 0 Å². The summed E-state index contributed by atoms with van der Waals surface area (Å²) in [5.41, 5.74) is 6.83. The van der Waals surface area contributed by atoms with E-state index in [0.717, 1.165) is 12.8 Å². The average molecular weight is 232 g/mol. The molecule has 0 bridgehead atoms. The van der Waals surface area contributed by atoms with Crippen molar-refractivity contribution in [3.63, 3.8) is 0 Å². The number of benzene rings is 1. The van der Waals surface area contributed by atoms with Crippen LogP contribution in [0.1, 0.15) is 12.8 Å². The average Bonchev–Trinajstić information content (AvgIpc) is 2.91. The van der Waals surface area contributed by atoms with Crippen molar-refractivity contribution in [2.45, 2.75) is 18.4 Å². The van der Waals surface area contributed by atoms with Gasteiger partial charge in [-0.15, -0.1) is 0 Å². The second kappa shape index (κ2) is 3.21. The summed E-state index contributed by atoms with van der Waals surface area (Å²) in [6.45, 7) is 0. The largest absolute Gasteiger partial charge is 0.324 e. The number of amides is 1. The summed E-state index contributed by atoms with van der Waals surface area (Å²) in [5, 5.41) is 2.75. The number of hydrogen-bond donors (Lipinski definition) is 4. The van der Waals surface area contributed by atoms with Crippen LogP contribution in [0.5, 0.6) is 0 Å². The molecule has 1 fully saturated rings. The van der Waals surface area contributed by atoms with Gasteiger partial charge in [0.2, 0.25) is 5.91 Å². The van der Waals surface area contributed by atoms with E-state index < -0.39 is 5.54 Å². The smallest absolute Gasteiger partial charge is 0.323 e. The van der Waals surface area contributed by atoms with Crippen LogP contribution >= 0.6 is 0 Å². The Labute approximate surface area is 96.2 Å². The van der Waals surface area contributed by atoms with Crippen LogP contribution in [0, 0.1) is 0 Å². The van der Waals surface area contributed by atoms with Gasteiger partial charge in [-0.1, -0.05) is 0 Å². The number of carbonyl (C=O) groups excluding carboxylic acids is 1. The Balaban J connectivity index is 1.90. The maximum atomic E-state index is 11.7. The van der Waals surface area contributed by atoms with Gasteiger partial charge in [0.05, 0.1) is 16.6 Å². The maximum absolute atomic E-state index is 11.7.